The van der Waals surface area contributed by atoms with Crippen LogP contribution in [0.1, 0.15) is 20.8 Å². The van der Waals surface area contributed by atoms with Gasteiger partial charge in [-0.2, -0.15) is 0 Å². The van der Waals surface area contributed by atoms with Crippen LogP contribution in [0.3, 0.4) is 0 Å². The zero-order valence-corrected chi connectivity index (χ0v) is 11.1. The summed E-state index contributed by atoms with van der Waals surface area (Å²) in [4.78, 5) is 23.3. The zero-order chi connectivity index (χ0) is 13.9. The molecule has 6 nitrogen and oxygen atoms in total. The molecule has 0 aromatic rings. The van der Waals surface area contributed by atoms with Crippen molar-refractivity contribution in [3.8, 4) is 0 Å². The van der Waals surface area contributed by atoms with Gasteiger partial charge in [0, 0.05) is 6.54 Å². The first-order valence-corrected chi connectivity index (χ1v) is 6.14. The topological polar surface area (TPSA) is 102 Å². The maximum absolute atomic E-state index is 12.0. The Labute approximate surface area is 107 Å². The highest BCUT2D eigenvalue weighted by Crippen LogP contribution is 2.29. The lowest BCUT2D eigenvalue weighted by molar-refractivity contribution is -0.149. The second kappa shape index (κ2) is 5.67. The van der Waals surface area contributed by atoms with Crippen LogP contribution in [0.5, 0.6) is 0 Å². The van der Waals surface area contributed by atoms with Crippen LogP contribution in [0, 0.1) is 17.3 Å². The van der Waals surface area contributed by atoms with Gasteiger partial charge >= 0.3 is 5.97 Å². The summed E-state index contributed by atoms with van der Waals surface area (Å²) in [5.74, 6) is -1.34. The van der Waals surface area contributed by atoms with E-state index < -0.39 is 17.4 Å². The van der Waals surface area contributed by atoms with Crippen LogP contribution >= 0.6 is 0 Å². The Hall–Kier alpha value is -1.14. The van der Waals surface area contributed by atoms with Crippen LogP contribution < -0.4 is 11.1 Å². The molecule has 0 saturated carbocycles. The van der Waals surface area contributed by atoms with Crippen LogP contribution in [0.2, 0.25) is 0 Å². The maximum atomic E-state index is 12.0. The van der Waals surface area contributed by atoms with Gasteiger partial charge in [-0.25, -0.2) is 0 Å². The lowest BCUT2D eigenvalue weighted by atomic mass is 9.84. The van der Waals surface area contributed by atoms with Gasteiger partial charge in [0.25, 0.3) is 0 Å². The van der Waals surface area contributed by atoms with Gasteiger partial charge in [0.15, 0.2) is 0 Å². The fourth-order valence-electron chi connectivity index (χ4n) is 2.05. The molecule has 1 amide bonds. The number of nitrogens with one attached hydrogen (secondary N) is 1. The molecule has 0 radical (unpaired) electrons. The molecule has 1 heterocycles. The molecule has 1 fully saturated rings. The third-order valence-electron chi connectivity index (χ3n) is 3.66. The minimum Gasteiger partial charge on any atom is -0.481 e. The van der Waals surface area contributed by atoms with E-state index >= 15 is 0 Å². The number of carbonyl (C=O) groups is 2. The summed E-state index contributed by atoms with van der Waals surface area (Å²) in [5.41, 5.74) is 4.50. The summed E-state index contributed by atoms with van der Waals surface area (Å²) in [6.45, 7) is 6.00. The van der Waals surface area contributed by atoms with E-state index in [1.807, 2.05) is 13.8 Å². The van der Waals surface area contributed by atoms with E-state index in [-0.39, 0.29) is 37.5 Å². The van der Waals surface area contributed by atoms with Crippen molar-refractivity contribution in [2.24, 2.45) is 23.0 Å². The average Bonchev–Trinajstić information content (AvgIpc) is 2.62. The molecule has 3 unspecified atom stereocenters. The van der Waals surface area contributed by atoms with Crippen molar-refractivity contribution in [1.82, 2.24) is 5.32 Å². The Morgan fingerprint density at radius 2 is 2.17 bits per heavy atom. The van der Waals surface area contributed by atoms with Crippen molar-refractivity contribution in [1.29, 1.82) is 0 Å². The van der Waals surface area contributed by atoms with Crippen molar-refractivity contribution >= 4 is 11.9 Å². The third kappa shape index (κ3) is 2.81. The van der Waals surface area contributed by atoms with E-state index in [2.05, 4.69) is 5.32 Å². The third-order valence-corrected chi connectivity index (χ3v) is 3.66. The zero-order valence-electron chi connectivity index (χ0n) is 11.1. The monoisotopic (exact) mass is 258 g/mol. The molecule has 104 valence electrons. The van der Waals surface area contributed by atoms with Crippen LogP contribution in [0.4, 0.5) is 0 Å². The highest BCUT2D eigenvalue weighted by Gasteiger charge is 2.47. The molecular weight excluding hydrogens is 236 g/mol. The van der Waals surface area contributed by atoms with Gasteiger partial charge in [-0.05, 0) is 12.8 Å². The summed E-state index contributed by atoms with van der Waals surface area (Å²) in [6.07, 6.45) is 0. The molecular formula is C12H22N2O4. The summed E-state index contributed by atoms with van der Waals surface area (Å²) in [6, 6.07) is -0.504. The van der Waals surface area contributed by atoms with Crippen LogP contribution in [-0.4, -0.2) is 42.8 Å². The largest absolute Gasteiger partial charge is 0.481 e. The Morgan fingerprint density at radius 3 is 2.61 bits per heavy atom. The fourth-order valence-corrected chi connectivity index (χ4v) is 2.05. The first kappa shape index (κ1) is 14.9. The number of hydrogen-bond acceptors (Lipinski definition) is 4. The molecule has 0 bridgehead atoms. The highest BCUT2D eigenvalue weighted by atomic mass is 16.5. The molecule has 1 aliphatic heterocycles. The second-order valence-corrected chi connectivity index (χ2v) is 5.39. The summed E-state index contributed by atoms with van der Waals surface area (Å²) >= 11 is 0. The van der Waals surface area contributed by atoms with Gasteiger partial charge in [-0.15, -0.1) is 0 Å². The van der Waals surface area contributed by atoms with Gasteiger partial charge < -0.3 is 20.9 Å². The Kier molecular flexibility index (Phi) is 4.70. The first-order valence-electron chi connectivity index (χ1n) is 6.14. The Morgan fingerprint density at radius 1 is 1.56 bits per heavy atom. The molecule has 0 aromatic carbocycles. The van der Waals surface area contributed by atoms with E-state index in [4.69, 9.17) is 10.5 Å². The first-order chi connectivity index (χ1) is 8.32. The predicted molar refractivity (Wildman–Crippen MR) is 65.9 cm³/mol. The summed E-state index contributed by atoms with van der Waals surface area (Å²) in [7, 11) is 0. The highest BCUT2D eigenvalue weighted by molar-refractivity contribution is 5.82. The smallest absolute Gasteiger partial charge is 0.313 e. The second-order valence-electron chi connectivity index (χ2n) is 5.39. The molecule has 0 spiro atoms. The van der Waals surface area contributed by atoms with Crippen molar-refractivity contribution in [2.45, 2.75) is 26.8 Å². The number of nitrogens with two attached hydrogens (primary N) is 1. The number of carboxylic acid groups (broad SMARTS) is 1. The van der Waals surface area contributed by atoms with Gasteiger partial charge in [-0.3, -0.25) is 9.59 Å². The Balaban J connectivity index is 2.72. The lowest BCUT2D eigenvalue weighted by Crippen LogP contribution is -2.52. The number of aliphatic carboxylic acids is 1. The molecule has 0 aromatic heterocycles. The normalized spacial score (nSPS) is 29.3. The molecule has 4 N–H and O–H groups in total. The molecule has 1 rings (SSSR count). The van der Waals surface area contributed by atoms with Crippen molar-refractivity contribution in [3.05, 3.63) is 0 Å². The van der Waals surface area contributed by atoms with E-state index in [0.29, 0.717) is 0 Å². The van der Waals surface area contributed by atoms with Gasteiger partial charge in [0.05, 0.1) is 25.2 Å². The maximum Gasteiger partial charge on any atom is 0.313 e. The number of amides is 1. The van der Waals surface area contributed by atoms with Crippen molar-refractivity contribution in [3.63, 3.8) is 0 Å². The van der Waals surface area contributed by atoms with E-state index in [0.717, 1.165) is 0 Å². The predicted octanol–water partition coefficient (Wildman–Crippen LogP) is -0.177. The van der Waals surface area contributed by atoms with E-state index in [1.165, 1.54) is 0 Å². The average molecular weight is 258 g/mol. The standard InChI is InChI=1S/C12H22N2O4/c1-7(2)8(4-13)10(15)14-9-5-18-6-12(9,3)11(16)17/h7-9H,4-6,13H2,1-3H3,(H,14,15)(H,16,17). The van der Waals surface area contributed by atoms with E-state index in [1.54, 1.807) is 6.92 Å². The number of carbonyl (C=O) groups excluding carboxylic acids is 1. The number of rotatable bonds is 5. The Bertz CT molecular complexity index is 332. The lowest BCUT2D eigenvalue weighted by Gasteiger charge is -2.28. The fraction of sp³-hybridized carbons (Fsp3) is 0.833. The van der Waals surface area contributed by atoms with Gasteiger partial charge in [-0.1, -0.05) is 13.8 Å². The quantitative estimate of drug-likeness (QED) is 0.635. The molecule has 1 saturated heterocycles. The molecule has 6 heteroatoms. The summed E-state index contributed by atoms with van der Waals surface area (Å²) in [5, 5.41) is 12.0. The van der Waals surface area contributed by atoms with Crippen molar-refractivity contribution in [2.75, 3.05) is 19.8 Å². The van der Waals surface area contributed by atoms with Crippen LogP contribution in [-0.2, 0) is 14.3 Å². The van der Waals surface area contributed by atoms with E-state index in [9.17, 15) is 14.7 Å². The molecule has 3 atom stereocenters. The minimum atomic E-state index is -1.06. The molecule has 18 heavy (non-hydrogen) atoms. The van der Waals surface area contributed by atoms with Gasteiger partial charge in [0.1, 0.15) is 5.41 Å². The van der Waals surface area contributed by atoms with Crippen LogP contribution in [0.25, 0.3) is 0 Å². The van der Waals surface area contributed by atoms with Crippen LogP contribution in [0.15, 0.2) is 0 Å². The minimum absolute atomic E-state index is 0.113. The van der Waals surface area contributed by atoms with Crippen molar-refractivity contribution < 1.29 is 19.4 Å². The number of ether oxygens (including phenoxy) is 1. The number of carboxylic acids is 1. The van der Waals surface area contributed by atoms with Gasteiger partial charge in [0.2, 0.25) is 5.91 Å². The SMILES string of the molecule is CC(C)C(CN)C(=O)NC1COCC1(C)C(=O)O. The molecule has 0 aliphatic carbocycles. The number of hydrogen-bond donors (Lipinski definition) is 3. The molecule has 1 aliphatic rings. The summed E-state index contributed by atoms with van der Waals surface area (Å²) < 4.78 is 5.18.